The molecule has 1 aromatic rings. The van der Waals surface area contributed by atoms with E-state index in [1.54, 1.807) is 6.07 Å². The van der Waals surface area contributed by atoms with Crippen molar-refractivity contribution in [3.05, 3.63) is 34.1 Å². The fourth-order valence-corrected chi connectivity index (χ4v) is 2.04. The largest absolute Gasteiger partial charge is 0.321 e. The molecule has 0 bridgehead atoms. The van der Waals surface area contributed by atoms with Crippen molar-refractivity contribution < 1.29 is 4.39 Å². The Morgan fingerprint density at radius 1 is 1.38 bits per heavy atom. The predicted octanol–water partition coefficient (Wildman–Crippen LogP) is 2.96. The summed E-state index contributed by atoms with van der Waals surface area (Å²) < 4.78 is 13.5. The van der Waals surface area contributed by atoms with Gasteiger partial charge in [-0.1, -0.05) is 22.0 Å². The Labute approximate surface area is 91.0 Å². The molecule has 1 saturated carbocycles. The molecule has 1 aliphatic rings. The Morgan fingerprint density at radius 2 is 2.00 bits per heavy atom. The zero-order valence-electron chi connectivity index (χ0n) is 6.89. The summed E-state index contributed by atoms with van der Waals surface area (Å²) in [5.74, 6) is -0.227. The number of nitrogens with two attached hydrogens (primary N) is 1. The highest BCUT2D eigenvalue weighted by Gasteiger charge is 2.41. The van der Waals surface area contributed by atoms with Crippen LogP contribution in [0.3, 0.4) is 0 Å². The van der Waals surface area contributed by atoms with Crippen molar-refractivity contribution in [2.24, 2.45) is 5.73 Å². The Balaban J connectivity index is 0.000000845. The van der Waals surface area contributed by atoms with Gasteiger partial charge in [0.05, 0.1) is 0 Å². The highest BCUT2D eigenvalue weighted by molar-refractivity contribution is 9.10. The maximum absolute atomic E-state index is 12.7. The molecule has 0 aromatic heterocycles. The topological polar surface area (TPSA) is 26.0 Å². The Hall–Kier alpha value is -0.120. The normalized spacial score (nSPS) is 17.8. The smallest absolute Gasteiger partial charge is 0.124 e. The molecule has 13 heavy (non-hydrogen) atoms. The molecule has 1 aliphatic carbocycles. The summed E-state index contributed by atoms with van der Waals surface area (Å²) in [6.45, 7) is 0. The molecule has 0 aliphatic heterocycles. The minimum atomic E-state index is -0.227. The second kappa shape index (κ2) is 3.56. The van der Waals surface area contributed by atoms with Crippen LogP contribution in [0, 0.1) is 5.82 Å². The van der Waals surface area contributed by atoms with E-state index < -0.39 is 0 Å². The lowest BCUT2D eigenvalue weighted by Crippen LogP contribution is -2.19. The van der Waals surface area contributed by atoms with Gasteiger partial charge in [-0.2, -0.15) is 0 Å². The third-order valence-corrected chi connectivity index (χ3v) is 2.91. The van der Waals surface area contributed by atoms with Crippen molar-refractivity contribution >= 4 is 28.3 Å². The second-order valence-electron chi connectivity index (χ2n) is 3.28. The molecule has 1 fully saturated rings. The molecule has 0 spiro atoms. The zero-order valence-corrected chi connectivity index (χ0v) is 9.29. The van der Waals surface area contributed by atoms with Crippen molar-refractivity contribution in [1.29, 1.82) is 0 Å². The summed E-state index contributed by atoms with van der Waals surface area (Å²) in [6, 6.07) is 4.67. The standard InChI is InChI=1S/C9H9BrFN.ClH/c10-8-5-6(11)1-2-7(8)9(12)3-4-9;/h1-2,5H,3-4,12H2;1H. The molecule has 72 valence electrons. The molecule has 2 rings (SSSR count). The Kier molecular flexibility index (Phi) is 3.00. The van der Waals surface area contributed by atoms with Crippen LogP contribution in [0.2, 0.25) is 0 Å². The van der Waals surface area contributed by atoms with Crippen molar-refractivity contribution in [2.45, 2.75) is 18.4 Å². The van der Waals surface area contributed by atoms with Crippen molar-refractivity contribution in [3.63, 3.8) is 0 Å². The first-order valence-corrected chi connectivity index (χ1v) is 4.65. The van der Waals surface area contributed by atoms with Crippen LogP contribution in [0.25, 0.3) is 0 Å². The van der Waals surface area contributed by atoms with Crippen LogP contribution in [0.1, 0.15) is 18.4 Å². The van der Waals surface area contributed by atoms with Crippen LogP contribution >= 0.6 is 28.3 Å². The average Bonchev–Trinajstić information content (AvgIpc) is 2.68. The number of benzene rings is 1. The third kappa shape index (κ3) is 2.03. The van der Waals surface area contributed by atoms with Gasteiger partial charge in [0.15, 0.2) is 0 Å². The molecule has 1 aromatic carbocycles. The number of rotatable bonds is 1. The molecular weight excluding hydrogens is 256 g/mol. The maximum Gasteiger partial charge on any atom is 0.124 e. The van der Waals surface area contributed by atoms with Crippen LogP contribution in [-0.2, 0) is 5.54 Å². The van der Waals surface area contributed by atoms with Gasteiger partial charge in [0.1, 0.15) is 5.82 Å². The zero-order chi connectivity index (χ0) is 8.77. The second-order valence-corrected chi connectivity index (χ2v) is 4.13. The van der Waals surface area contributed by atoms with Crippen molar-refractivity contribution in [1.82, 2.24) is 0 Å². The van der Waals surface area contributed by atoms with E-state index in [0.29, 0.717) is 0 Å². The van der Waals surface area contributed by atoms with Crippen LogP contribution in [0.15, 0.2) is 22.7 Å². The lowest BCUT2D eigenvalue weighted by Gasteiger charge is -2.10. The lowest BCUT2D eigenvalue weighted by molar-refractivity contribution is 0.623. The molecule has 0 heterocycles. The van der Waals surface area contributed by atoms with Crippen molar-refractivity contribution in [3.8, 4) is 0 Å². The molecule has 0 radical (unpaired) electrons. The van der Waals surface area contributed by atoms with Crippen LogP contribution in [-0.4, -0.2) is 0 Å². The maximum atomic E-state index is 12.7. The first kappa shape index (κ1) is 11.0. The highest BCUT2D eigenvalue weighted by atomic mass is 79.9. The number of halogens is 3. The molecule has 0 amide bonds. The lowest BCUT2D eigenvalue weighted by atomic mass is 10.1. The molecule has 2 N–H and O–H groups in total. The third-order valence-electron chi connectivity index (χ3n) is 2.26. The summed E-state index contributed by atoms with van der Waals surface area (Å²) in [5.41, 5.74) is 6.80. The minimum absolute atomic E-state index is 0. The number of hydrogen-bond acceptors (Lipinski definition) is 1. The quantitative estimate of drug-likeness (QED) is 0.831. The Morgan fingerprint density at radius 3 is 2.46 bits per heavy atom. The van der Waals surface area contributed by atoms with Gasteiger partial charge in [-0.15, -0.1) is 12.4 Å². The van der Waals surface area contributed by atoms with E-state index in [1.165, 1.54) is 12.1 Å². The van der Waals surface area contributed by atoms with Crippen LogP contribution < -0.4 is 5.73 Å². The van der Waals surface area contributed by atoms with E-state index >= 15 is 0 Å². The van der Waals surface area contributed by atoms with E-state index in [9.17, 15) is 4.39 Å². The van der Waals surface area contributed by atoms with E-state index in [4.69, 9.17) is 5.73 Å². The molecular formula is C9H10BrClFN. The average molecular weight is 267 g/mol. The first-order chi connectivity index (χ1) is 5.62. The van der Waals surface area contributed by atoms with Gasteiger partial charge in [0, 0.05) is 10.0 Å². The van der Waals surface area contributed by atoms with Crippen LogP contribution in [0.4, 0.5) is 4.39 Å². The molecule has 1 nitrogen and oxygen atoms in total. The van der Waals surface area contributed by atoms with Gasteiger partial charge in [-0.3, -0.25) is 0 Å². The fraction of sp³-hybridized carbons (Fsp3) is 0.333. The molecule has 0 unspecified atom stereocenters. The van der Waals surface area contributed by atoms with Crippen LogP contribution in [0.5, 0.6) is 0 Å². The SMILES string of the molecule is Cl.NC1(c2ccc(F)cc2Br)CC1. The number of hydrogen-bond donors (Lipinski definition) is 1. The monoisotopic (exact) mass is 265 g/mol. The van der Waals surface area contributed by atoms with E-state index in [-0.39, 0.29) is 23.8 Å². The van der Waals surface area contributed by atoms with Gasteiger partial charge in [0.2, 0.25) is 0 Å². The summed E-state index contributed by atoms with van der Waals surface area (Å²) in [6.07, 6.45) is 1.99. The van der Waals surface area contributed by atoms with Gasteiger partial charge < -0.3 is 5.73 Å². The van der Waals surface area contributed by atoms with E-state index in [0.717, 1.165) is 22.9 Å². The van der Waals surface area contributed by atoms with E-state index in [2.05, 4.69) is 15.9 Å². The van der Waals surface area contributed by atoms with Gasteiger partial charge in [-0.05, 0) is 30.5 Å². The van der Waals surface area contributed by atoms with E-state index in [1.807, 2.05) is 0 Å². The van der Waals surface area contributed by atoms with Gasteiger partial charge in [0.25, 0.3) is 0 Å². The summed E-state index contributed by atoms with van der Waals surface area (Å²) in [7, 11) is 0. The predicted molar refractivity (Wildman–Crippen MR) is 56.4 cm³/mol. The minimum Gasteiger partial charge on any atom is -0.321 e. The van der Waals surface area contributed by atoms with Crippen molar-refractivity contribution in [2.75, 3.05) is 0 Å². The Bertz CT molecular complexity index is 325. The summed E-state index contributed by atoms with van der Waals surface area (Å²) >= 11 is 3.30. The summed E-state index contributed by atoms with van der Waals surface area (Å²) in [4.78, 5) is 0. The molecule has 0 atom stereocenters. The fourth-order valence-electron chi connectivity index (χ4n) is 1.30. The molecule has 0 saturated heterocycles. The summed E-state index contributed by atoms with van der Waals surface area (Å²) in [5, 5.41) is 0. The first-order valence-electron chi connectivity index (χ1n) is 3.86. The van der Waals surface area contributed by atoms with Gasteiger partial charge >= 0.3 is 0 Å². The molecule has 4 heteroatoms. The highest BCUT2D eigenvalue weighted by Crippen LogP contribution is 2.45. The van der Waals surface area contributed by atoms with Gasteiger partial charge in [-0.25, -0.2) is 4.39 Å².